The van der Waals surface area contributed by atoms with Gasteiger partial charge in [-0.2, -0.15) is 0 Å². The van der Waals surface area contributed by atoms with Crippen LogP contribution >= 0.6 is 11.6 Å². The second kappa shape index (κ2) is 6.93. The summed E-state index contributed by atoms with van der Waals surface area (Å²) < 4.78 is 12.9. The molecule has 0 spiro atoms. The maximum atomic E-state index is 12.9. The summed E-state index contributed by atoms with van der Waals surface area (Å²) >= 11 is 5.57. The lowest BCUT2D eigenvalue weighted by Crippen LogP contribution is -2.36. The number of halogens is 2. The van der Waals surface area contributed by atoms with E-state index in [-0.39, 0.29) is 29.9 Å². The van der Waals surface area contributed by atoms with Gasteiger partial charge in [0.05, 0.1) is 18.1 Å². The molecule has 0 atom stereocenters. The average molecular weight is 274 g/mol. The number of carbonyl (C=O) groups excluding carboxylic acids is 2. The van der Waals surface area contributed by atoms with Crippen molar-refractivity contribution in [1.29, 1.82) is 0 Å². The lowest BCUT2D eigenvalue weighted by atomic mass is 10.3. The standard InChI is InChI=1S/C11H13ClFN3O2/c1-14-10(17)5-15-6-11(18)16-7-2-3-9(13)8(12)4-7/h2-4,15H,5-6H2,1H3,(H,14,17)(H,16,18). The third-order valence-electron chi connectivity index (χ3n) is 2.05. The molecule has 1 aromatic rings. The number of carbonyl (C=O) groups is 2. The number of rotatable bonds is 5. The SMILES string of the molecule is CNC(=O)CNCC(=O)Nc1ccc(F)c(Cl)c1. The van der Waals surface area contributed by atoms with Crippen molar-refractivity contribution in [2.45, 2.75) is 0 Å². The lowest BCUT2D eigenvalue weighted by molar-refractivity contribution is -0.119. The number of amides is 2. The van der Waals surface area contributed by atoms with Gasteiger partial charge < -0.3 is 10.6 Å². The van der Waals surface area contributed by atoms with Gasteiger partial charge in [-0.05, 0) is 18.2 Å². The molecule has 0 aliphatic heterocycles. The molecule has 0 aliphatic rings. The van der Waals surface area contributed by atoms with Gasteiger partial charge in [0, 0.05) is 12.7 Å². The molecule has 0 aliphatic carbocycles. The predicted octanol–water partition coefficient (Wildman–Crippen LogP) is 0.753. The molecule has 7 heteroatoms. The monoisotopic (exact) mass is 273 g/mol. The smallest absolute Gasteiger partial charge is 0.238 e. The van der Waals surface area contributed by atoms with E-state index in [1.54, 1.807) is 0 Å². The fourth-order valence-electron chi connectivity index (χ4n) is 1.16. The first-order chi connectivity index (χ1) is 8.52. The van der Waals surface area contributed by atoms with Gasteiger partial charge in [0.25, 0.3) is 0 Å². The summed E-state index contributed by atoms with van der Waals surface area (Å²) in [6.45, 7) is 0.0243. The van der Waals surface area contributed by atoms with Crippen LogP contribution in [0, 0.1) is 5.82 Å². The van der Waals surface area contributed by atoms with E-state index in [0.29, 0.717) is 5.69 Å². The quantitative estimate of drug-likeness (QED) is 0.742. The summed E-state index contributed by atoms with van der Waals surface area (Å²) in [5.41, 5.74) is 0.396. The number of likely N-dealkylation sites (N-methyl/N-ethyl adjacent to an activating group) is 1. The molecule has 0 bridgehead atoms. The van der Waals surface area contributed by atoms with E-state index in [9.17, 15) is 14.0 Å². The molecule has 0 unspecified atom stereocenters. The van der Waals surface area contributed by atoms with Crippen LogP contribution in [-0.2, 0) is 9.59 Å². The van der Waals surface area contributed by atoms with Crippen molar-refractivity contribution < 1.29 is 14.0 Å². The van der Waals surface area contributed by atoms with Gasteiger partial charge in [0.2, 0.25) is 11.8 Å². The Morgan fingerprint density at radius 1 is 1.28 bits per heavy atom. The maximum Gasteiger partial charge on any atom is 0.238 e. The molecule has 18 heavy (non-hydrogen) atoms. The Bertz CT molecular complexity index is 454. The van der Waals surface area contributed by atoms with Gasteiger partial charge >= 0.3 is 0 Å². The lowest BCUT2D eigenvalue weighted by Gasteiger charge is -2.06. The van der Waals surface area contributed by atoms with Crippen molar-refractivity contribution in [3.63, 3.8) is 0 Å². The van der Waals surface area contributed by atoms with E-state index >= 15 is 0 Å². The second-order valence-corrected chi connectivity index (χ2v) is 3.86. The van der Waals surface area contributed by atoms with Crippen LogP contribution in [0.1, 0.15) is 0 Å². The van der Waals surface area contributed by atoms with Crippen molar-refractivity contribution in [2.24, 2.45) is 0 Å². The highest BCUT2D eigenvalue weighted by atomic mass is 35.5. The zero-order valence-corrected chi connectivity index (χ0v) is 10.5. The van der Waals surface area contributed by atoms with Crippen LogP contribution in [0.15, 0.2) is 18.2 Å². The van der Waals surface area contributed by atoms with Crippen LogP contribution < -0.4 is 16.0 Å². The molecule has 1 aromatic carbocycles. The van der Waals surface area contributed by atoms with Crippen LogP contribution in [0.25, 0.3) is 0 Å². The third kappa shape index (κ3) is 4.68. The minimum Gasteiger partial charge on any atom is -0.358 e. The fourth-order valence-corrected chi connectivity index (χ4v) is 1.34. The zero-order chi connectivity index (χ0) is 13.5. The van der Waals surface area contributed by atoms with E-state index in [1.807, 2.05) is 0 Å². The second-order valence-electron chi connectivity index (χ2n) is 3.45. The molecule has 0 saturated carbocycles. The minimum absolute atomic E-state index is 0.0254. The molecule has 3 N–H and O–H groups in total. The van der Waals surface area contributed by atoms with Gasteiger partial charge in [-0.3, -0.25) is 14.9 Å². The Labute approximate surface area is 109 Å². The minimum atomic E-state index is -0.549. The van der Waals surface area contributed by atoms with Crippen LogP contribution in [0.5, 0.6) is 0 Å². The van der Waals surface area contributed by atoms with E-state index < -0.39 is 5.82 Å². The Morgan fingerprint density at radius 3 is 2.56 bits per heavy atom. The first kappa shape index (κ1) is 14.4. The molecule has 0 saturated heterocycles. The fraction of sp³-hybridized carbons (Fsp3) is 0.273. The van der Waals surface area contributed by atoms with E-state index in [1.165, 1.54) is 19.2 Å². The summed E-state index contributed by atoms with van der Waals surface area (Å²) in [6, 6.07) is 3.88. The average Bonchev–Trinajstić information content (AvgIpc) is 2.33. The van der Waals surface area contributed by atoms with Gasteiger partial charge in [-0.25, -0.2) is 4.39 Å². The highest BCUT2D eigenvalue weighted by Gasteiger charge is 2.05. The van der Waals surface area contributed by atoms with Gasteiger partial charge in [0.1, 0.15) is 5.82 Å². The number of hydrogen-bond acceptors (Lipinski definition) is 3. The summed E-state index contributed by atoms with van der Waals surface area (Å²) in [5, 5.41) is 7.51. The van der Waals surface area contributed by atoms with Crippen molar-refractivity contribution in [3.05, 3.63) is 29.0 Å². The zero-order valence-electron chi connectivity index (χ0n) is 9.72. The van der Waals surface area contributed by atoms with Gasteiger partial charge in [-0.1, -0.05) is 11.6 Å². The molecule has 1 rings (SSSR count). The number of hydrogen-bond donors (Lipinski definition) is 3. The van der Waals surface area contributed by atoms with E-state index in [0.717, 1.165) is 6.07 Å². The summed E-state index contributed by atoms with van der Waals surface area (Å²) in [5.74, 6) is -1.11. The van der Waals surface area contributed by atoms with Gasteiger partial charge in [0.15, 0.2) is 0 Å². The number of nitrogens with one attached hydrogen (secondary N) is 3. The Hall–Kier alpha value is -1.66. The Kier molecular flexibility index (Phi) is 5.54. The molecule has 2 amide bonds. The van der Waals surface area contributed by atoms with Crippen molar-refractivity contribution >= 4 is 29.1 Å². The molecule has 98 valence electrons. The normalized spacial score (nSPS) is 9.94. The molecule has 0 heterocycles. The third-order valence-corrected chi connectivity index (χ3v) is 2.34. The summed E-state index contributed by atoms with van der Waals surface area (Å²) in [6.07, 6.45) is 0. The van der Waals surface area contributed by atoms with Crippen LogP contribution in [0.3, 0.4) is 0 Å². The molecule has 0 aromatic heterocycles. The first-order valence-corrected chi connectivity index (χ1v) is 5.57. The largest absolute Gasteiger partial charge is 0.358 e. The molecule has 0 radical (unpaired) electrons. The number of benzene rings is 1. The highest BCUT2D eigenvalue weighted by Crippen LogP contribution is 2.18. The number of anilines is 1. The Morgan fingerprint density at radius 2 is 1.94 bits per heavy atom. The topological polar surface area (TPSA) is 70.2 Å². The molecule has 5 nitrogen and oxygen atoms in total. The summed E-state index contributed by atoms with van der Waals surface area (Å²) in [7, 11) is 1.50. The predicted molar refractivity (Wildman–Crippen MR) is 67.0 cm³/mol. The summed E-state index contributed by atoms with van der Waals surface area (Å²) in [4.78, 5) is 22.3. The van der Waals surface area contributed by atoms with E-state index in [2.05, 4.69) is 16.0 Å². The highest BCUT2D eigenvalue weighted by molar-refractivity contribution is 6.31. The molecular formula is C11H13ClFN3O2. The van der Waals surface area contributed by atoms with E-state index in [4.69, 9.17) is 11.6 Å². The van der Waals surface area contributed by atoms with Crippen LogP contribution in [0.2, 0.25) is 5.02 Å². The van der Waals surface area contributed by atoms with Crippen molar-refractivity contribution in [1.82, 2.24) is 10.6 Å². The molecular weight excluding hydrogens is 261 g/mol. The Balaban J connectivity index is 2.40. The van der Waals surface area contributed by atoms with Crippen molar-refractivity contribution in [3.8, 4) is 0 Å². The maximum absolute atomic E-state index is 12.9. The van der Waals surface area contributed by atoms with Crippen LogP contribution in [-0.4, -0.2) is 32.0 Å². The molecule has 0 fully saturated rings. The van der Waals surface area contributed by atoms with Crippen LogP contribution in [0.4, 0.5) is 10.1 Å². The first-order valence-electron chi connectivity index (χ1n) is 5.19. The van der Waals surface area contributed by atoms with Crippen molar-refractivity contribution in [2.75, 3.05) is 25.5 Å². The van der Waals surface area contributed by atoms with Gasteiger partial charge in [-0.15, -0.1) is 0 Å².